The van der Waals surface area contributed by atoms with Crippen molar-refractivity contribution >= 4 is 11.5 Å². The molecule has 0 saturated heterocycles. The summed E-state index contributed by atoms with van der Waals surface area (Å²) in [5, 5.41) is 3.58. The predicted octanol–water partition coefficient (Wildman–Crippen LogP) is 4.15. The van der Waals surface area contributed by atoms with Crippen LogP contribution in [0.4, 0.5) is 5.82 Å². The Labute approximate surface area is 184 Å². The first kappa shape index (κ1) is 18.8. The summed E-state index contributed by atoms with van der Waals surface area (Å²) < 4.78 is 23.9. The van der Waals surface area contributed by atoms with Crippen molar-refractivity contribution in [1.82, 2.24) is 14.4 Å². The Morgan fingerprint density at radius 2 is 1.62 bits per heavy atom. The molecule has 6 rings (SSSR count). The topological polar surface area (TPSA) is 79.1 Å². The summed E-state index contributed by atoms with van der Waals surface area (Å²) in [6.07, 6.45) is 6.31. The molecule has 2 aliphatic heterocycles. The molecule has 2 aliphatic rings. The Morgan fingerprint density at radius 3 is 2.41 bits per heavy atom. The summed E-state index contributed by atoms with van der Waals surface area (Å²) >= 11 is 0. The molecule has 32 heavy (non-hydrogen) atoms. The molecule has 0 unspecified atom stereocenters. The standard InChI is InChI=1S/C24H22N4O4/c1-15(8-16-2-4-18-20(9-16)31-13-29-18)23-24(28-7-6-25-12-22(28)27-23)26-11-17-3-5-19-21(10-17)32-14-30-19/h2-7,9-10,12,15,26H,8,11,13-14H2,1H3/t15-/m1/s1. The van der Waals surface area contributed by atoms with E-state index in [2.05, 4.69) is 29.4 Å². The second kappa shape index (κ2) is 7.64. The van der Waals surface area contributed by atoms with Gasteiger partial charge in [0.2, 0.25) is 13.6 Å². The van der Waals surface area contributed by atoms with Gasteiger partial charge in [0.15, 0.2) is 28.6 Å². The maximum atomic E-state index is 5.54. The zero-order valence-electron chi connectivity index (χ0n) is 17.6. The third-order valence-corrected chi connectivity index (χ3v) is 5.80. The minimum atomic E-state index is 0.175. The second-order valence-corrected chi connectivity index (χ2v) is 7.98. The fourth-order valence-electron chi connectivity index (χ4n) is 4.20. The lowest BCUT2D eigenvalue weighted by atomic mass is 9.97. The van der Waals surface area contributed by atoms with E-state index < -0.39 is 0 Å². The number of hydrogen-bond donors (Lipinski definition) is 1. The van der Waals surface area contributed by atoms with E-state index in [1.54, 1.807) is 12.4 Å². The van der Waals surface area contributed by atoms with Crippen molar-refractivity contribution < 1.29 is 18.9 Å². The highest BCUT2D eigenvalue weighted by molar-refractivity contribution is 5.56. The molecule has 2 aromatic heterocycles. The highest BCUT2D eigenvalue weighted by Gasteiger charge is 2.21. The Hall–Kier alpha value is -3.94. The number of aromatic nitrogens is 3. The van der Waals surface area contributed by atoms with Crippen LogP contribution >= 0.6 is 0 Å². The fourth-order valence-corrected chi connectivity index (χ4v) is 4.20. The first-order valence-electron chi connectivity index (χ1n) is 10.6. The molecule has 4 aromatic rings. The quantitative estimate of drug-likeness (QED) is 0.492. The lowest BCUT2D eigenvalue weighted by molar-refractivity contribution is 0.173. The molecule has 0 amide bonds. The van der Waals surface area contributed by atoms with E-state index in [4.69, 9.17) is 23.9 Å². The molecule has 0 fully saturated rings. The molecule has 2 aromatic carbocycles. The normalized spacial score (nSPS) is 14.7. The van der Waals surface area contributed by atoms with Crippen molar-refractivity contribution in [1.29, 1.82) is 0 Å². The summed E-state index contributed by atoms with van der Waals surface area (Å²) in [6, 6.07) is 12.1. The van der Waals surface area contributed by atoms with Gasteiger partial charge in [-0.2, -0.15) is 0 Å². The number of nitrogens with zero attached hydrogens (tertiary/aromatic N) is 3. The van der Waals surface area contributed by atoms with E-state index in [9.17, 15) is 0 Å². The number of benzene rings is 2. The van der Waals surface area contributed by atoms with Crippen LogP contribution in [0.3, 0.4) is 0 Å². The van der Waals surface area contributed by atoms with Crippen molar-refractivity contribution in [3.05, 3.63) is 71.8 Å². The van der Waals surface area contributed by atoms with Crippen LogP contribution in [0.15, 0.2) is 55.0 Å². The largest absolute Gasteiger partial charge is 0.454 e. The summed E-state index contributed by atoms with van der Waals surface area (Å²) in [5.41, 5.74) is 4.09. The monoisotopic (exact) mass is 430 g/mol. The maximum absolute atomic E-state index is 5.54. The lowest BCUT2D eigenvalue weighted by Crippen LogP contribution is -2.07. The van der Waals surface area contributed by atoms with Crippen LogP contribution in [-0.4, -0.2) is 28.0 Å². The molecule has 1 N–H and O–H groups in total. The van der Waals surface area contributed by atoms with Crippen LogP contribution in [0.25, 0.3) is 5.65 Å². The SMILES string of the molecule is C[C@H](Cc1ccc2c(c1)OCO2)c1nc2cnccn2c1NCc1ccc2c(c1)OCO2. The van der Waals surface area contributed by atoms with Crippen molar-refractivity contribution in [2.24, 2.45) is 0 Å². The van der Waals surface area contributed by atoms with E-state index in [0.29, 0.717) is 6.54 Å². The molecule has 1 atom stereocenters. The summed E-state index contributed by atoms with van der Waals surface area (Å²) in [4.78, 5) is 9.12. The van der Waals surface area contributed by atoms with Gasteiger partial charge in [0.1, 0.15) is 5.82 Å². The fraction of sp³-hybridized carbons (Fsp3) is 0.250. The Morgan fingerprint density at radius 1 is 0.938 bits per heavy atom. The number of nitrogens with one attached hydrogen (secondary N) is 1. The highest BCUT2D eigenvalue weighted by atomic mass is 16.7. The summed E-state index contributed by atoms with van der Waals surface area (Å²) in [6.45, 7) is 3.37. The van der Waals surface area contributed by atoms with Gasteiger partial charge in [-0.15, -0.1) is 0 Å². The number of imidazole rings is 1. The van der Waals surface area contributed by atoms with Crippen LogP contribution in [-0.2, 0) is 13.0 Å². The Bertz CT molecular complexity index is 1300. The van der Waals surface area contributed by atoms with Crippen LogP contribution in [0.1, 0.15) is 29.7 Å². The van der Waals surface area contributed by atoms with Crippen molar-refractivity contribution in [3.8, 4) is 23.0 Å². The van der Waals surface area contributed by atoms with Crippen molar-refractivity contribution in [2.45, 2.75) is 25.8 Å². The number of fused-ring (bicyclic) bond motifs is 3. The molecule has 0 aliphatic carbocycles. The van der Waals surface area contributed by atoms with Gasteiger partial charge < -0.3 is 24.3 Å². The van der Waals surface area contributed by atoms with E-state index in [1.807, 2.05) is 34.9 Å². The minimum Gasteiger partial charge on any atom is -0.454 e. The maximum Gasteiger partial charge on any atom is 0.231 e. The zero-order chi connectivity index (χ0) is 21.5. The molecule has 0 spiro atoms. The van der Waals surface area contributed by atoms with E-state index in [0.717, 1.165) is 52.1 Å². The average Bonchev–Trinajstić information content (AvgIpc) is 3.54. The van der Waals surface area contributed by atoms with Gasteiger partial charge in [-0.05, 0) is 41.8 Å². The third-order valence-electron chi connectivity index (χ3n) is 5.80. The molecule has 0 radical (unpaired) electrons. The Balaban J connectivity index is 1.28. The van der Waals surface area contributed by atoms with Crippen LogP contribution in [0.2, 0.25) is 0 Å². The van der Waals surface area contributed by atoms with Gasteiger partial charge in [-0.1, -0.05) is 19.1 Å². The van der Waals surface area contributed by atoms with Crippen LogP contribution < -0.4 is 24.3 Å². The molecular weight excluding hydrogens is 408 g/mol. The number of ether oxygens (including phenoxy) is 4. The van der Waals surface area contributed by atoms with Gasteiger partial charge in [0.05, 0.1) is 11.9 Å². The van der Waals surface area contributed by atoms with Gasteiger partial charge in [-0.25, -0.2) is 4.98 Å². The van der Waals surface area contributed by atoms with Gasteiger partial charge in [0, 0.05) is 24.9 Å². The molecule has 4 heterocycles. The van der Waals surface area contributed by atoms with Crippen LogP contribution in [0, 0.1) is 0 Å². The summed E-state index contributed by atoms with van der Waals surface area (Å²) in [7, 11) is 0. The van der Waals surface area contributed by atoms with Gasteiger partial charge in [-0.3, -0.25) is 9.38 Å². The minimum absolute atomic E-state index is 0.175. The smallest absolute Gasteiger partial charge is 0.231 e. The van der Waals surface area contributed by atoms with Crippen molar-refractivity contribution in [3.63, 3.8) is 0 Å². The van der Waals surface area contributed by atoms with E-state index >= 15 is 0 Å². The third kappa shape index (κ3) is 3.33. The van der Waals surface area contributed by atoms with E-state index in [1.165, 1.54) is 5.56 Å². The van der Waals surface area contributed by atoms with Crippen LogP contribution in [0.5, 0.6) is 23.0 Å². The first-order chi connectivity index (χ1) is 15.7. The molecule has 8 heteroatoms. The predicted molar refractivity (Wildman–Crippen MR) is 118 cm³/mol. The number of anilines is 1. The van der Waals surface area contributed by atoms with Gasteiger partial charge in [0.25, 0.3) is 0 Å². The summed E-state index contributed by atoms with van der Waals surface area (Å²) in [5.74, 6) is 4.31. The molecular formula is C24H22N4O4. The first-order valence-corrected chi connectivity index (χ1v) is 10.6. The number of rotatable bonds is 6. The molecule has 0 saturated carbocycles. The second-order valence-electron chi connectivity index (χ2n) is 7.98. The highest BCUT2D eigenvalue weighted by Crippen LogP contribution is 2.36. The van der Waals surface area contributed by atoms with Gasteiger partial charge >= 0.3 is 0 Å². The Kier molecular flexibility index (Phi) is 4.49. The van der Waals surface area contributed by atoms with E-state index in [-0.39, 0.29) is 19.5 Å². The molecule has 162 valence electrons. The lowest BCUT2D eigenvalue weighted by Gasteiger charge is -2.14. The molecule has 8 nitrogen and oxygen atoms in total. The zero-order valence-corrected chi connectivity index (χ0v) is 17.6. The number of hydrogen-bond acceptors (Lipinski definition) is 7. The molecule has 0 bridgehead atoms. The average molecular weight is 430 g/mol. The van der Waals surface area contributed by atoms with Crippen molar-refractivity contribution in [2.75, 3.05) is 18.9 Å².